The number of hydrogen-bond acceptors (Lipinski definition) is 3. The minimum absolute atomic E-state index is 1.10. The Morgan fingerprint density at radius 1 is 0.389 bits per heavy atom. The molecule has 1 aliphatic heterocycles. The van der Waals surface area contributed by atoms with Gasteiger partial charge in [-0.1, -0.05) is 145 Å². The lowest BCUT2D eigenvalue weighted by Gasteiger charge is -2.32. The molecule has 3 nitrogen and oxygen atoms in total. The summed E-state index contributed by atoms with van der Waals surface area (Å²) in [5, 5.41) is 1.21. The molecule has 0 aliphatic carbocycles. The molecule has 256 valence electrons. The smallest absolute Gasteiger partial charge is 0.137 e. The number of hydrogen-bond donors (Lipinski definition) is 0. The molecule has 0 unspecified atom stereocenters. The number of aromatic nitrogens is 1. The van der Waals surface area contributed by atoms with E-state index in [9.17, 15) is 0 Å². The maximum Gasteiger partial charge on any atom is 0.137 e. The summed E-state index contributed by atoms with van der Waals surface area (Å²) in [6.07, 6.45) is 0. The van der Waals surface area contributed by atoms with E-state index < -0.39 is 0 Å². The Labute approximate surface area is 320 Å². The van der Waals surface area contributed by atoms with Gasteiger partial charge in [-0.3, -0.25) is 9.47 Å². The molecule has 2 heterocycles. The SMILES string of the molecule is c1ccc(-c2ccc(N(c3ccc(-c4ccccc4)cc3)c3ccc4c(c3)c3c(n4-c4ccccc4)N(c4ccccc4)c4ccccc4S3)cc2)cc1. The Kier molecular flexibility index (Phi) is 8.08. The Morgan fingerprint density at radius 3 is 1.43 bits per heavy atom. The first kappa shape index (κ1) is 31.9. The highest BCUT2D eigenvalue weighted by atomic mass is 32.2. The molecule has 0 bridgehead atoms. The van der Waals surface area contributed by atoms with Gasteiger partial charge in [-0.05, 0) is 101 Å². The van der Waals surface area contributed by atoms with Crippen molar-refractivity contribution in [1.82, 2.24) is 4.57 Å². The summed E-state index contributed by atoms with van der Waals surface area (Å²) in [6, 6.07) is 76.2. The van der Waals surface area contributed by atoms with Crippen molar-refractivity contribution in [3.63, 3.8) is 0 Å². The lowest BCUT2D eigenvalue weighted by molar-refractivity contribution is 1.03. The highest BCUT2D eigenvalue weighted by Crippen LogP contribution is 2.56. The van der Waals surface area contributed by atoms with Gasteiger partial charge in [0.15, 0.2) is 0 Å². The average Bonchev–Trinajstić information content (AvgIpc) is 3.57. The molecule has 1 aromatic heterocycles. The molecule has 0 amide bonds. The summed E-state index contributed by atoms with van der Waals surface area (Å²) in [4.78, 5) is 7.27. The number of benzene rings is 8. The van der Waals surface area contributed by atoms with E-state index in [-0.39, 0.29) is 0 Å². The second-order valence-corrected chi connectivity index (χ2v) is 14.5. The van der Waals surface area contributed by atoms with Crippen molar-refractivity contribution >= 4 is 56.9 Å². The van der Waals surface area contributed by atoms with E-state index in [2.05, 4.69) is 227 Å². The molecule has 4 heteroatoms. The fourth-order valence-electron chi connectivity index (χ4n) is 7.62. The Morgan fingerprint density at radius 2 is 0.852 bits per heavy atom. The van der Waals surface area contributed by atoms with Gasteiger partial charge in [0, 0.05) is 38.7 Å². The van der Waals surface area contributed by atoms with Crippen LogP contribution in [-0.4, -0.2) is 4.57 Å². The van der Waals surface area contributed by atoms with Crippen LogP contribution in [0, 0.1) is 0 Å². The molecular weight excluding hydrogens is 675 g/mol. The summed E-state index contributed by atoms with van der Waals surface area (Å²) in [5.41, 5.74) is 12.7. The predicted octanol–water partition coefficient (Wildman–Crippen LogP) is 14.4. The fourth-order valence-corrected chi connectivity index (χ4v) is 8.80. The van der Waals surface area contributed by atoms with Gasteiger partial charge in [-0.25, -0.2) is 0 Å². The van der Waals surface area contributed by atoms with E-state index >= 15 is 0 Å². The molecule has 0 fully saturated rings. The highest BCUT2D eigenvalue weighted by molar-refractivity contribution is 8.00. The summed E-state index contributed by atoms with van der Waals surface area (Å²) < 4.78 is 2.43. The first-order valence-corrected chi connectivity index (χ1v) is 19.1. The van der Waals surface area contributed by atoms with Gasteiger partial charge < -0.3 is 4.90 Å². The van der Waals surface area contributed by atoms with Crippen LogP contribution in [0.2, 0.25) is 0 Å². The van der Waals surface area contributed by atoms with Crippen LogP contribution in [0.25, 0.3) is 38.8 Å². The minimum Gasteiger partial charge on any atom is -0.310 e. The first-order chi connectivity index (χ1) is 26.8. The normalized spacial score (nSPS) is 12.0. The van der Waals surface area contributed by atoms with Crippen molar-refractivity contribution in [2.45, 2.75) is 9.79 Å². The highest BCUT2D eigenvalue weighted by Gasteiger charge is 2.32. The van der Waals surface area contributed by atoms with Gasteiger partial charge in [0.25, 0.3) is 0 Å². The van der Waals surface area contributed by atoms with E-state index in [1.165, 1.54) is 43.1 Å². The maximum atomic E-state index is 2.43. The van der Waals surface area contributed by atoms with Crippen LogP contribution in [0.3, 0.4) is 0 Å². The molecule has 8 aromatic carbocycles. The van der Waals surface area contributed by atoms with Gasteiger partial charge >= 0.3 is 0 Å². The number of para-hydroxylation sites is 3. The molecule has 54 heavy (non-hydrogen) atoms. The topological polar surface area (TPSA) is 11.4 Å². The minimum atomic E-state index is 1.10. The van der Waals surface area contributed by atoms with Crippen molar-refractivity contribution in [2.75, 3.05) is 9.80 Å². The van der Waals surface area contributed by atoms with E-state index in [0.717, 1.165) is 39.8 Å². The average molecular weight is 710 g/mol. The number of anilines is 6. The lowest BCUT2D eigenvalue weighted by Crippen LogP contribution is -2.17. The van der Waals surface area contributed by atoms with E-state index in [1.807, 2.05) is 11.8 Å². The van der Waals surface area contributed by atoms with Crippen LogP contribution < -0.4 is 9.80 Å². The molecule has 0 saturated heterocycles. The molecule has 0 atom stereocenters. The van der Waals surface area contributed by atoms with Crippen molar-refractivity contribution in [2.24, 2.45) is 0 Å². The zero-order chi connectivity index (χ0) is 35.8. The van der Waals surface area contributed by atoms with Crippen LogP contribution in [0.5, 0.6) is 0 Å². The van der Waals surface area contributed by atoms with E-state index in [4.69, 9.17) is 0 Å². The Bertz CT molecular complexity index is 2620. The molecule has 9 aromatic rings. The molecule has 0 saturated carbocycles. The number of nitrogens with zero attached hydrogens (tertiary/aromatic N) is 3. The predicted molar refractivity (Wildman–Crippen MR) is 228 cm³/mol. The van der Waals surface area contributed by atoms with Crippen LogP contribution in [-0.2, 0) is 0 Å². The monoisotopic (exact) mass is 709 g/mol. The maximum absolute atomic E-state index is 2.43. The van der Waals surface area contributed by atoms with Gasteiger partial charge in [-0.2, -0.15) is 0 Å². The second-order valence-electron chi connectivity index (χ2n) is 13.4. The molecule has 1 aliphatic rings. The van der Waals surface area contributed by atoms with Crippen LogP contribution in [0.4, 0.5) is 34.3 Å². The zero-order valence-electron chi connectivity index (χ0n) is 29.5. The van der Waals surface area contributed by atoms with Crippen molar-refractivity contribution in [3.8, 4) is 27.9 Å². The number of fused-ring (bicyclic) bond motifs is 4. The third-order valence-electron chi connectivity index (χ3n) is 10.2. The summed E-state index contributed by atoms with van der Waals surface area (Å²) >= 11 is 1.86. The number of rotatable bonds is 7. The lowest BCUT2D eigenvalue weighted by atomic mass is 10.0. The second kappa shape index (κ2) is 13.7. The van der Waals surface area contributed by atoms with Gasteiger partial charge in [-0.15, -0.1) is 0 Å². The summed E-state index contributed by atoms with van der Waals surface area (Å²) in [6.45, 7) is 0. The largest absolute Gasteiger partial charge is 0.310 e. The summed E-state index contributed by atoms with van der Waals surface area (Å²) in [7, 11) is 0. The third-order valence-corrected chi connectivity index (χ3v) is 11.3. The third kappa shape index (κ3) is 5.65. The van der Waals surface area contributed by atoms with Crippen LogP contribution in [0.15, 0.2) is 222 Å². The Balaban J connectivity index is 1.18. The summed E-state index contributed by atoms with van der Waals surface area (Å²) in [5.74, 6) is 1.15. The van der Waals surface area contributed by atoms with Crippen LogP contribution in [0.1, 0.15) is 0 Å². The standard InChI is InChI=1S/C50H35N3S/c1-5-15-36(16-6-1)38-25-29-42(30-26-38)51(43-31-27-39(28-32-43)37-17-7-2-8-18-37)44-33-34-46-45(35-44)49-50(52(46)40-19-9-3-10-20-40)53(41-21-11-4-12-22-41)47-23-13-14-24-48(47)54-49/h1-35H. The fraction of sp³-hybridized carbons (Fsp3) is 0. The molecule has 0 spiro atoms. The Hall–Kier alpha value is -6.75. The van der Waals surface area contributed by atoms with Gasteiger partial charge in [0.1, 0.15) is 5.82 Å². The molecule has 0 N–H and O–H groups in total. The van der Waals surface area contributed by atoms with E-state index in [0.29, 0.717) is 0 Å². The van der Waals surface area contributed by atoms with Crippen LogP contribution >= 0.6 is 11.8 Å². The molecule has 0 radical (unpaired) electrons. The van der Waals surface area contributed by atoms with Crippen molar-refractivity contribution in [3.05, 3.63) is 212 Å². The van der Waals surface area contributed by atoms with Crippen molar-refractivity contribution < 1.29 is 0 Å². The quantitative estimate of drug-likeness (QED) is 0.163. The van der Waals surface area contributed by atoms with E-state index in [1.54, 1.807) is 0 Å². The van der Waals surface area contributed by atoms with Gasteiger partial charge in [0.2, 0.25) is 0 Å². The zero-order valence-corrected chi connectivity index (χ0v) is 30.3. The van der Waals surface area contributed by atoms with Gasteiger partial charge in [0.05, 0.1) is 16.1 Å². The van der Waals surface area contributed by atoms with Crippen molar-refractivity contribution in [1.29, 1.82) is 0 Å². The molecule has 10 rings (SSSR count). The first-order valence-electron chi connectivity index (χ1n) is 18.3. The molecular formula is C50H35N3S.